The number of aliphatic carboxylic acids is 1. The Labute approximate surface area is 194 Å². The van der Waals surface area contributed by atoms with Gasteiger partial charge in [0.05, 0.1) is 22.4 Å². The second-order valence-electron chi connectivity index (χ2n) is 7.39. The van der Waals surface area contributed by atoms with Gasteiger partial charge in [0.1, 0.15) is 11.6 Å². The van der Waals surface area contributed by atoms with Crippen LogP contribution in [0.2, 0.25) is 0 Å². The second-order valence-corrected chi connectivity index (χ2v) is 7.39. The summed E-state index contributed by atoms with van der Waals surface area (Å²) in [6, 6.07) is 14.0. The Morgan fingerprint density at radius 2 is 1.68 bits per heavy atom. The highest BCUT2D eigenvalue weighted by Crippen LogP contribution is 2.30. The molecule has 9 heteroatoms. The van der Waals surface area contributed by atoms with Gasteiger partial charge in [-0.25, -0.2) is 14.5 Å². The molecule has 0 spiro atoms. The van der Waals surface area contributed by atoms with Crippen LogP contribution in [0.4, 0.5) is 11.4 Å². The number of carboxylic acid groups (broad SMARTS) is 2. The van der Waals surface area contributed by atoms with Crippen LogP contribution >= 0.6 is 0 Å². The SMILES string of the molecule is CN(C)c1ccc(C=CC=C2C(=O)N(c3cccc(C(=O)O)c3)C(=O)C(C#N)=C2C(=O)O)cc1. The summed E-state index contributed by atoms with van der Waals surface area (Å²) in [6.07, 6.45) is 4.29. The summed E-state index contributed by atoms with van der Waals surface area (Å²) in [4.78, 5) is 51.8. The van der Waals surface area contributed by atoms with E-state index in [0.29, 0.717) is 4.90 Å². The highest BCUT2D eigenvalue weighted by atomic mass is 16.4. The number of anilines is 2. The molecule has 1 heterocycles. The maximum absolute atomic E-state index is 13.2. The van der Waals surface area contributed by atoms with E-state index in [1.54, 1.807) is 12.1 Å². The minimum atomic E-state index is -1.60. The van der Waals surface area contributed by atoms with E-state index in [0.717, 1.165) is 17.3 Å². The van der Waals surface area contributed by atoms with E-state index in [-0.39, 0.29) is 16.8 Å². The van der Waals surface area contributed by atoms with Crippen LogP contribution in [0.15, 0.2) is 77.4 Å². The summed E-state index contributed by atoms with van der Waals surface area (Å²) < 4.78 is 0. The van der Waals surface area contributed by atoms with E-state index in [4.69, 9.17) is 0 Å². The Morgan fingerprint density at radius 1 is 1.00 bits per heavy atom. The quantitative estimate of drug-likeness (QED) is 0.499. The first-order valence-corrected chi connectivity index (χ1v) is 9.91. The predicted molar refractivity (Wildman–Crippen MR) is 124 cm³/mol. The van der Waals surface area contributed by atoms with Gasteiger partial charge in [-0.15, -0.1) is 0 Å². The highest BCUT2D eigenvalue weighted by Gasteiger charge is 2.40. The maximum Gasteiger partial charge on any atom is 0.338 e. The number of allylic oxidation sites excluding steroid dienone is 2. The van der Waals surface area contributed by atoms with Crippen molar-refractivity contribution in [2.45, 2.75) is 0 Å². The average Bonchev–Trinajstić information content (AvgIpc) is 2.80. The van der Waals surface area contributed by atoms with E-state index in [2.05, 4.69) is 0 Å². The van der Waals surface area contributed by atoms with Crippen molar-refractivity contribution in [3.05, 3.63) is 88.5 Å². The molecule has 170 valence electrons. The molecule has 34 heavy (non-hydrogen) atoms. The molecule has 0 unspecified atom stereocenters. The standard InChI is InChI=1S/C25H19N3O6/c1-27(2)17-11-9-15(10-12-17)5-3-8-19-21(25(33)34)20(14-26)23(30)28(22(19)29)18-7-4-6-16(13-18)24(31)32/h3-13H,1-2H3,(H,31,32)(H,33,34). The van der Waals surface area contributed by atoms with Crippen molar-refractivity contribution in [1.29, 1.82) is 5.26 Å². The van der Waals surface area contributed by atoms with Gasteiger partial charge in [0.15, 0.2) is 0 Å². The van der Waals surface area contributed by atoms with Crippen molar-refractivity contribution in [3.8, 4) is 6.07 Å². The number of rotatable bonds is 6. The number of carboxylic acids is 2. The van der Waals surface area contributed by atoms with E-state index in [9.17, 15) is 34.7 Å². The minimum Gasteiger partial charge on any atom is -0.478 e. The average molecular weight is 457 g/mol. The molecule has 9 nitrogen and oxygen atoms in total. The van der Waals surface area contributed by atoms with Crippen LogP contribution in [-0.4, -0.2) is 48.1 Å². The number of carbonyl (C=O) groups excluding carboxylic acids is 2. The van der Waals surface area contributed by atoms with Crippen LogP contribution in [0, 0.1) is 11.3 Å². The predicted octanol–water partition coefficient (Wildman–Crippen LogP) is 2.87. The molecular weight excluding hydrogens is 438 g/mol. The molecule has 1 aliphatic rings. The number of nitrogens with zero attached hydrogens (tertiary/aromatic N) is 3. The third-order valence-electron chi connectivity index (χ3n) is 5.01. The van der Waals surface area contributed by atoms with E-state index >= 15 is 0 Å². The Hall–Kier alpha value is -4.97. The monoisotopic (exact) mass is 457 g/mol. The minimum absolute atomic E-state index is 0.0961. The molecular formula is C25H19N3O6. The first-order valence-electron chi connectivity index (χ1n) is 9.91. The van der Waals surface area contributed by atoms with Gasteiger partial charge in [0.2, 0.25) is 0 Å². The number of hydrogen-bond donors (Lipinski definition) is 2. The number of benzene rings is 2. The van der Waals surface area contributed by atoms with Gasteiger partial charge in [-0.3, -0.25) is 9.59 Å². The van der Waals surface area contributed by atoms with Crippen molar-refractivity contribution >= 4 is 41.2 Å². The van der Waals surface area contributed by atoms with E-state index < -0.39 is 34.9 Å². The molecule has 0 atom stereocenters. The number of imide groups is 1. The number of aromatic carboxylic acids is 1. The fourth-order valence-corrected chi connectivity index (χ4v) is 3.31. The zero-order chi connectivity index (χ0) is 25.0. The van der Waals surface area contributed by atoms with Gasteiger partial charge in [-0.2, -0.15) is 5.26 Å². The van der Waals surface area contributed by atoms with Gasteiger partial charge in [0.25, 0.3) is 11.8 Å². The van der Waals surface area contributed by atoms with Crippen LogP contribution < -0.4 is 9.80 Å². The summed E-state index contributed by atoms with van der Waals surface area (Å²) in [5.74, 6) is -5.02. The third kappa shape index (κ3) is 4.61. The Balaban J connectivity index is 2.09. The Kier molecular flexibility index (Phi) is 6.73. The molecule has 0 bridgehead atoms. The Bertz CT molecular complexity index is 1330. The smallest absolute Gasteiger partial charge is 0.338 e. The largest absolute Gasteiger partial charge is 0.478 e. The fourth-order valence-electron chi connectivity index (χ4n) is 3.31. The molecule has 0 saturated carbocycles. The summed E-state index contributed by atoms with van der Waals surface area (Å²) in [5, 5.41) is 28.4. The van der Waals surface area contributed by atoms with Crippen molar-refractivity contribution in [2.75, 3.05) is 23.9 Å². The normalized spacial score (nSPS) is 15.1. The number of hydrogen-bond acceptors (Lipinski definition) is 6. The molecule has 0 aromatic heterocycles. The molecule has 0 saturated heterocycles. The first-order chi connectivity index (χ1) is 16.1. The van der Waals surface area contributed by atoms with Crippen molar-refractivity contribution in [2.24, 2.45) is 0 Å². The van der Waals surface area contributed by atoms with Gasteiger partial charge in [0, 0.05) is 19.8 Å². The van der Waals surface area contributed by atoms with Crippen LogP contribution in [0.5, 0.6) is 0 Å². The lowest BCUT2D eigenvalue weighted by atomic mass is 9.93. The number of amides is 2. The molecule has 0 fully saturated rings. The lowest BCUT2D eigenvalue weighted by molar-refractivity contribution is -0.134. The van der Waals surface area contributed by atoms with Crippen LogP contribution in [0.3, 0.4) is 0 Å². The molecule has 1 aliphatic heterocycles. The lowest BCUT2D eigenvalue weighted by Crippen LogP contribution is -2.44. The summed E-state index contributed by atoms with van der Waals surface area (Å²) in [6.45, 7) is 0. The van der Waals surface area contributed by atoms with Crippen molar-refractivity contribution in [1.82, 2.24) is 0 Å². The van der Waals surface area contributed by atoms with E-state index in [1.165, 1.54) is 30.4 Å². The summed E-state index contributed by atoms with van der Waals surface area (Å²) in [5.41, 5.74) is -0.360. The molecule has 2 aromatic rings. The molecule has 2 N–H and O–H groups in total. The number of carbonyl (C=O) groups is 4. The zero-order valence-electron chi connectivity index (χ0n) is 18.2. The van der Waals surface area contributed by atoms with Gasteiger partial charge < -0.3 is 15.1 Å². The van der Waals surface area contributed by atoms with Crippen LogP contribution in [0.25, 0.3) is 6.08 Å². The fraction of sp³-hybridized carbons (Fsp3) is 0.0800. The van der Waals surface area contributed by atoms with Gasteiger partial charge >= 0.3 is 11.9 Å². The van der Waals surface area contributed by atoms with Gasteiger partial charge in [-0.1, -0.05) is 30.4 Å². The third-order valence-corrected chi connectivity index (χ3v) is 5.01. The molecule has 0 aliphatic carbocycles. The summed E-state index contributed by atoms with van der Waals surface area (Å²) in [7, 11) is 3.80. The van der Waals surface area contributed by atoms with Gasteiger partial charge in [-0.05, 0) is 42.0 Å². The van der Waals surface area contributed by atoms with Crippen LogP contribution in [0.1, 0.15) is 15.9 Å². The van der Waals surface area contributed by atoms with E-state index in [1.807, 2.05) is 43.3 Å². The van der Waals surface area contributed by atoms with Crippen molar-refractivity contribution in [3.63, 3.8) is 0 Å². The molecule has 2 amide bonds. The van der Waals surface area contributed by atoms with Crippen molar-refractivity contribution < 1.29 is 29.4 Å². The number of nitriles is 1. The molecule has 0 radical (unpaired) electrons. The topological polar surface area (TPSA) is 139 Å². The first kappa shape index (κ1) is 23.7. The summed E-state index contributed by atoms with van der Waals surface area (Å²) >= 11 is 0. The lowest BCUT2D eigenvalue weighted by Gasteiger charge is -2.27. The molecule has 2 aromatic carbocycles. The second kappa shape index (κ2) is 9.67. The molecule has 3 rings (SSSR count). The maximum atomic E-state index is 13.2. The van der Waals surface area contributed by atoms with Crippen LogP contribution in [-0.2, 0) is 14.4 Å². The Morgan fingerprint density at radius 3 is 2.24 bits per heavy atom. The zero-order valence-corrected chi connectivity index (χ0v) is 18.2. The highest BCUT2D eigenvalue weighted by molar-refractivity contribution is 6.35.